The lowest BCUT2D eigenvalue weighted by Gasteiger charge is -2.37. The van der Waals surface area contributed by atoms with Crippen molar-refractivity contribution in [3.8, 4) is 5.75 Å². The van der Waals surface area contributed by atoms with E-state index in [2.05, 4.69) is 36.4 Å². The van der Waals surface area contributed by atoms with Gasteiger partial charge in [-0.1, -0.05) is 27.2 Å². The zero-order valence-electron chi connectivity index (χ0n) is 16.0. The van der Waals surface area contributed by atoms with Gasteiger partial charge in [-0.15, -0.1) is 0 Å². The monoisotopic (exact) mass is 357 g/mol. The molecule has 5 heteroatoms. The smallest absolute Gasteiger partial charge is 0.315 e. The molecule has 0 bridgehead atoms. The van der Waals surface area contributed by atoms with Crippen LogP contribution in [-0.2, 0) is 6.42 Å². The van der Waals surface area contributed by atoms with Crippen LogP contribution in [0, 0.1) is 17.8 Å². The molecule has 142 valence electrons. The lowest BCUT2D eigenvalue weighted by atomic mass is 9.74. The highest BCUT2D eigenvalue weighted by molar-refractivity contribution is 5.81. The molecule has 5 nitrogen and oxygen atoms in total. The van der Waals surface area contributed by atoms with Gasteiger partial charge >= 0.3 is 6.03 Å². The number of aromatic hydroxyl groups is 1. The number of amides is 2. The quantitative estimate of drug-likeness (QED) is 0.648. The highest BCUT2D eigenvalue weighted by Gasteiger charge is 2.31. The molecule has 0 radical (unpaired) electrons. The summed E-state index contributed by atoms with van der Waals surface area (Å²) in [6.07, 6.45) is 4.27. The van der Waals surface area contributed by atoms with E-state index in [-0.39, 0.29) is 17.8 Å². The summed E-state index contributed by atoms with van der Waals surface area (Å²) < 4.78 is 0. The Morgan fingerprint density at radius 3 is 2.88 bits per heavy atom. The molecule has 1 aliphatic carbocycles. The summed E-state index contributed by atoms with van der Waals surface area (Å²) in [5.41, 5.74) is 2.05. The van der Waals surface area contributed by atoms with Crippen LogP contribution in [0.3, 0.4) is 0 Å². The molecule has 1 heterocycles. The standard InChI is InChI=1S/C21H31N3O2/c1-13(2)18-6-4-14(3)10-20(18)24-21(26)22-9-8-16-11-15-12-17(25)5-7-19(15)23-16/h5,7,11-14,18,20,23,25H,4,6,8-10H2,1-3H3,(H2,22,24,26)/t14-,18+,20-/m1/s1. The van der Waals surface area contributed by atoms with E-state index in [9.17, 15) is 9.90 Å². The van der Waals surface area contributed by atoms with Crippen molar-refractivity contribution in [2.45, 2.75) is 52.5 Å². The van der Waals surface area contributed by atoms with Gasteiger partial charge in [-0.05, 0) is 54.9 Å². The molecule has 0 aliphatic heterocycles. The Morgan fingerprint density at radius 1 is 1.31 bits per heavy atom. The molecule has 3 rings (SSSR count). The number of aromatic amines is 1. The van der Waals surface area contributed by atoms with Crippen LogP contribution in [0.5, 0.6) is 5.75 Å². The molecule has 0 unspecified atom stereocenters. The van der Waals surface area contributed by atoms with Gasteiger partial charge in [0.15, 0.2) is 0 Å². The minimum atomic E-state index is -0.0662. The summed E-state index contributed by atoms with van der Waals surface area (Å²) in [6.45, 7) is 7.36. The Morgan fingerprint density at radius 2 is 2.12 bits per heavy atom. The fourth-order valence-electron chi connectivity index (χ4n) is 4.21. The summed E-state index contributed by atoms with van der Waals surface area (Å²) in [5, 5.41) is 16.7. The van der Waals surface area contributed by atoms with E-state index in [1.165, 1.54) is 12.8 Å². The predicted molar refractivity (Wildman–Crippen MR) is 105 cm³/mol. The number of phenolic OH excluding ortho intramolecular Hbond substituents is 1. The molecule has 26 heavy (non-hydrogen) atoms. The zero-order chi connectivity index (χ0) is 18.7. The van der Waals surface area contributed by atoms with Gasteiger partial charge in [-0.3, -0.25) is 0 Å². The number of phenols is 1. The van der Waals surface area contributed by atoms with E-state index in [0.29, 0.717) is 24.3 Å². The Kier molecular flexibility index (Phi) is 5.74. The van der Waals surface area contributed by atoms with E-state index in [1.54, 1.807) is 12.1 Å². The minimum Gasteiger partial charge on any atom is -0.508 e. The van der Waals surface area contributed by atoms with Crippen LogP contribution in [0.15, 0.2) is 24.3 Å². The maximum Gasteiger partial charge on any atom is 0.315 e. The number of carbonyl (C=O) groups is 1. The second-order valence-electron chi connectivity index (χ2n) is 8.15. The average Bonchev–Trinajstić information content (AvgIpc) is 2.96. The van der Waals surface area contributed by atoms with Crippen molar-refractivity contribution in [1.29, 1.82) is 0 Å². The summed E-state index contributed by atoms with van der Waals surface area (Å²) in [7, 11) is 0. The molecule has 1 aromatic heterocycles. The lowest BCUT2D eigenvalue weighted by molar-refractivity contribution is 0.168. The number of hydrogen-bond donors (Lipinski definition) is 4. The first-order chi connectivity index (χ1) is 12.4. The molecular weight excluding hydrogens is 326 g/mol. The van der Waals surface area contributed by atoms with E-state index < -0.39 is 0 Å². The Hall–Kier alpha value is -2.17. The highest BCUT2D eigenvalue weighted by Crippen LogP contribution is 2.33. The topological polar surface area (TPSA) is 77.2 Å². The second-order valence-corrected chi connectivity index (χ2v) is 8.15. The third-order valence-electron chi connectivity index (χ3n) is 5.68. The Balaban J connectivity index is 1.49. The molecule has 2 aromatic rings. The molecule has 4 N–H and O–H groups in total. The molecule has 2 amide bonds. The van der Waals surface area contributed by atoms with Crippen LogP contribution >= 0.6 is 0 Å². The number of carbonyl (C=O) groups excluding carboxylic acids is 1. The summed E-state index contributed by atoms with van der Waals surface area (Å²) in [6, 6.07) is 7.51. The van der Waals surface area contributed by atoms with Crippen LogP contribution in [-0.4, -0.2) is 28.7 Å². The number of urea groups is 1. The van der Waals surface area contributed by atoms with Crippen molar-refractivity contribution in [3.05, 3.63) is 30.0 Å². The summed E-state index contributed by atoms with van der Waals surface area (Å²) >= 11 is 0. The normalized spacial score (nSPS) is 23.3. The predicted octanol–water partition coefficient (Wildman–Crippen LogP) is 4.18. The van der Waals surface area contributed by atoms with Gasteiger partial charge in [0.1, 0.15) is 5.75 Å². The van der Waals surface area contributed by atoms with Crippen molar-refractivity contribution in [2.24, 2.45) is 17.8 Å². The fraction of sp³-hybridized carbons (Fsp3) is 0.571. The van der Waals surface area contributed by atoms with Crippen molar-refractivity contribution >= 4 is 16.9 Å². The van der Waals surface area contributed by atoms with Crippen LogP contribution in [0.25, 0.3) is 10.9 Å². The molecular formula is C21H31N3O2. The molecule has 0 saturated heterocycles. The Bertz CT molecular complexity index is 753. The average molecular weight is 357 g/mol. The lowest BCUT2D eigenvalue weighted by Crippen LogP contribution is -2.49. The van der Waals surface area contributed by atoms with Gasteiger partial charge in [-0.2, -0.15) is 0 Å². The van der Waals surface area contributed by atoms with Crippen LogP contribution < -0.4 is 10.6 Å². The van der Waals surface area contributed by atoms with E-state index in [1.807, 2.05) is 12.1 Å². The maximum absolute atomic E-state index is 12.3. The van der Waals surface area contributed by atoms with Crippen LogP contribution in [0.2, 0.25) is 0 Å². The van der Waals surface area contributed by atoms with Crippen LogP contribution in [0.1, 0.15) is 45.7 Å². The Labute approximate surface area is 155 Å². The maximum atomic E-state index is 12.3. The highest BCUT2D eigenvalue weighted by atomic mass is 16.3. The summed E-state index contributed by atoms with van der Waals surface area (Å²) in [4.78, 5) is 15.7. The fourth-order valence-corrected chi connectivity index (χ4v) is 4.21. The molecule has 3 atom stereocenters. The van der Waals surface area contributed by atoms with Gasteiger partial charge < -0.3 is 20.7 Å². The van der Waals surface area contributed by atoms with Crippen molar-refractivity contribution in [2.75, 3.05) is 6.54 Å². The molecule has 1 aromatic carbocycles. The van der Waals surface area contributed by atoms with E-state index >= 15 is 0 Å². The number of hydrogen-bond acceptors (Lipinski definition) is 2. The number of aromatic nitrogens is 1. The largest absolute Gasteiger partial charge is 0.508 e. The first kappa shape index (κ1) is 18.6. The zero-order valence-corrected chi connectivity index (χ0v) is 16.0. The molecule has 0 spiro atoms. The third-order valence-corrected chi connectivity index (χ3v) is 5.68. The third kappa shape index (κ3) is 4.51. The summed E-state index contributed by atoms with van der Waals surface area (Å²) in [5.74, 6) is 2.11. The van der Waals surface area contributed by atoms with Crippen molar-refractivity contribution in [3.63, 3.8) is 0 Å². The number of fused-ring (bicyclic) bond motifs is 1. The van der Waals surface area contributed by atoms with E-state index in [0.717, 1.165) is 29.4 Å². The molecule has 1 fully saturated rings. The number of benzene rings is 1. The van der Waals surface area contributed by atoms with Crippen LogP contribution in [0.4, 0.5) is 4.79 Å². The van der Waals surface area contributed by atoms with Gasteiger partial charge in [-0.25, -0.2) is 4.79 Å². The number of rotatable bonds is 5. The minimum absolute atomic E-state index is 0.0662. The van der Waals surface area contributed by atoms with Gasteiger partial charge in [0.2, 0.25) is 0 Å². The van der Waals surface area contributed by atoms with E-state index in [4.69, 9.17) is 0 Å². The first-order valence-electron chi connectivity index (χ1n) is 9.77. The van der Waals surface area contributed by atoms with Gasteiger partial charge in [0.05, 0.1) is 0 Å². The molecule has 1 saturated carbocycles. The second kappa shape index (κ2) is 8.02. The van der Waals surface area contributed by atoms with Crippen molar-refractivity contribution < 1.29 is 9.90 Å². The van der Waals surface area contributed by atoms with Gasteiger partial charge in [0, 0.05) is 35.6 Å². The SMILES string of the molecule is CC(C)[C@@H]1CC[C@@H](C)C[C@H]1NC(=O)NCCc1cc2cc(O)ccc2[nH]1. The van der Waals surface area contributed by atoms with Crippen molar-refractivity contribution in [1.82, 2.24) is 15.6 Å². The number of nitrogens with one attached hydrogen (secondary N) is 3. The first-order valence-corrected chi connectivity index (χ1v) is 9.77. The number of H-pyrrole nitrogens is 1. The van der Waals surface area contributed by atoms with Gasteiger partial charge in [0.25, 0.3) is 0 Å². The molecule has 1 aliphatic rings.